The van der Waals surface area contributed by atoms with Crippen LogP contribution in [0.4, 0.5) is 0 Å². The lowest BCUT2D eigenvalue weighted by Gasteiger charge is -2.44. The van der Waals surface area contributed by atoms with E-state index in [2.05, 4.69) is 26.6 Å². The molecule has 2 saturated heterocycles. The largest absolute Gasteiger partial charge is 0.338 e. The highest BCUT2D eigenvalue weighted by Crippen LogP contribution is 2.36. The van der Waals surface area contributed by atoms with Crippen molar-refractivity contribution in [1.29, 1.82) is 0 Å². The van der Waals surface area contributed by atoms with Gasteiger partial charge < -0.3 is 4.90 Å². The van der Waals surface area contributed by atoms with Crippen LogP contribution in [0.15, 0.2) is 16.8 Å². The number of piperidine rings is 1. The first-order valence-corrected chi connectivity index (χ1v) is 10.3. The number of carbonyl (C=O) groups is 1. The zero-order valence-corrected chi connectivity index (χ0v) is 14.8. The van der Waals surface area contributed by atoms with Crippen molar-refractivity contribution >= 4 is 17.2 Å². The van der Waals surface area contributed by atoms with Crippen LogP contribution in [-0.4, -0.2) is 41.4 Å². The van der Waals surface area contributed by atoms with Gasteiger partial charge in [-0.3, -0.25) is 9.69 Å². The lowest BCUT2D eigenvalue weighted by molar-refractivity contribution is -0.139. The Bertz CT molecular complexity index is 527. The lowest BCUT2D eigenvalue weighted by atomic mass is 9.78. The van der Waals surface area contributed by atoms with E-state index in [1.165, 1.54) is 56.9 Å². The zero-order chi connectivity index (χ0) is 15.6. The average Bonchev–Trinajstić information content (AvgIpc) is 3.25. The fourth-order valence-corrected chi connectivity index (χ4v) is 5.76. The van der Waals surface area contributed by atoms with Gasteiger partial charge in [-0.2, -0.15) is 11.3 Å². The molecule has 23 heavy (non-hydrogen) atoms. The molecule has 4 heteroatoms. The highest BCUT2D eigenvalue weighted by molar-refractivity contribution is 7.07. The fraction of sp³-hybridized carbons (Fsp3) is 0.737. The number of likely N-dealkylation sites (tertiary alicyclic amines) is 2. The quantitative estimate of drug-likeness (QED) is 0.833. The van der Waals surface area contributed by atoms with E-state index in [4.69, 9.17) is 0 Å². The van der Waals surface area contributed by atoms with Crippen molar-refractivity contribution in [2.75, 3.05) is 19.6 Å². The van der Waals surface area contributed by atoms with Crippen LogP contribution in [-0.2, 0) is 4.79 Å². The predicted octanol–water partition coefficient (Wildman–Crippen LogP) is 4.07. The Morgan fingerprint density at radius 2 is 1.91 bits per heavy atom. The molecular weight excluding hydrogens is 304 g/mol. The molecule has 2 aliphatic heterocycles. The van der Waals surface area contributed by atoms with Crippen molar-refractivity contribution in [2.24, 2.45) is 5.92 Å². The van der Waals surface area contributed by atoms with E-state index in [0.717, 1.165) is 19.0 Å². The third-order valence-corrected chi connectivity index (χ3v) is 6.89. The van der Waals surface area contributed by atoms with Crippen LogP contribution in [0.1, 0.15) is 63.0 Å². The number of rotatable bonds is 3. The first-order valence-electron chi connectivity index (χ1n) is 9.38. The van der Waals surface area contributed by atoms with Crippen molar-refractivity contribution in [3.05, 3.63) is 22.4 Å². The molecule has 1 amide bonds. The summed E-state index contributed by atoms with van der Waals surface area (Å²) in [5.74, 6) is 1.18. The van der Waals surface area contributed by atoms with Crippen molar-refractivity contribution < 1.29 is 4.79 Å². The smallest absolute Gasteiger partial charge is 0.237 e. The van der Waals surface area contributed by atoms with Gasteiger partial charge in [0, 0.05) is 18.6 Å². The second-order valence-corrected chi connectivity index (χ2v) is 8.31. The van der Waals surface area contributed by atoms with Crippen molar-refractivity contribution in [3.63, 3.8) is 0 Å². The molecule has 3 aliphatic rings. The van der Waals surface area contributed by atoms with E-state index in [0.29, 0.717) is 24.5 Å². The maximum Gasteiger partial charge on any atom is 0.237 e. The van der Waals surface area contributed by atoms with Crippen LogP contribution in [0.2, 0.25) is 0 Å². The second-order valence-electron chi connectivity index (χ2n) is 7.53. The van der Waals surface area contributed by atoms with Gasteiger partial charge in [0.25, 0.3) is 0 Å². The number of thiophene rings is 1. The fourth-order valence-electron chi connectivity index (χ4n) is 5.06. The standard InChI is InChI=1S/C19H28N2OS/c22-19(21-11-3-6-15-5-1-2-7-18(15)21)13-20-10-4-8-17(20)16-9-12-23-14-16/h9,12,14-15,17-18H,1-8,10-11,13H2/t15-,17+,18-/m0/s1. The molecule has 3 nitrogen and oxygen atoms in total. The van der Waals surface area contributed by atoms with E-state index in [1.807, 2.05) is 0 Å². The zero-order valence-electron chi connectivity index (χ0n) is 14.0. The maximum absolute atomic E-state index is 13.0. The molecular formula is C19H28N2OS. The third kappa shape index (κ3) is 3.20. The van der Waals surface area contributed by atoms with Gasteiger partial charge in [-0.1, -0.05) is 12.8 Å². The van der Waals surface area contributed by atoms with Crippen molar-refractivity contribution in [2.45, 2.75) is 63.5 Å². The van der Waals surface area contributed by atoms with Gasteiger partial charge in [0.05, 0.1) is 6.54 Å². The number of hydrogen-bond acceptors (Lipinski definition) is 3. The van der Waals surface area contributed by atoms with Crippen LogP contribution >= 0.6 is 11.3 Å². The van der Waals surface area contributed by atoms with Gasteiger partial charge in [-0.15, -0.1) is 0 Å². The van der Waals surface area contributed by atoms with Crippen molar-refractivity contribution in [3.8, 4) is 0 Å². The highest BCUT2D eigenvalue weighted by atomic mass is 32.1. The van der Waals surface area contributed by atoms with Gasteiger partial charge in [0.2, 0.25) is 5.91 Å². The minimum Gasteiger partial charge on any atom is -0.338 e. The minimum atomic E-state index is 0.392. The summed E-state index contributed by atoms with van der Waals surface area (Å²) in [6.45, 7) is 2.70. The predicted molar refractivity (Wildman–Crippen MR) is 94.6 cm³/mol. The number of hydrogen-bond donors (Lipinski definition) is 0. The Balaban J connectivity index is 1.42. The molecule has 0 unspecified atom stereocenters. The minimum absolute atomic E-state index is 0.392. The molecule has 0 radical (unpaired) electrons. The lowest BCUT2D eigenvalue weighted by Crippen LogP contribution is -2.52. The van der Waals surface area contributed by atoms with E-state index < -0.39 is 0 Å². The molecule has 1 aliphatic carbocycles. The van der Waals surface area contributed by atoms with Gasteiger partial charge in [-0.05, 0) is 73.4 Å². The van der Waals surface area contributed by atoms with Crippen LogP contribution in [0, 0.1) is 5.92 Å². The number of carbonyl (C=O) groups excluding carboxylic acids is 1. The summed E-state index contributed by atoms with van der Waals surface area (Å²) in [4.78, 5) is 17.7. The van der Waals surface area contributed by atoms with Crippen LogP contribution in [0.5, 0.6) is 0 Å². The number of nitrogens with zero attached hydrogens (tertiary/aromatic N) is 2. The Morgan fingerprint density at radius 3 is 2.78 bits per heavy atom. The Labute approximate surface area is 143 Å². The summed E-state index contributed by atoms with van der Waals surface area (Å²) in [5, 5.41) is 4.41. The summed E-state index contributed by atoms with van der Waals surface area (Å²) in [5.41, 5.74) is 1.41. The number of fused-ring (bicyclic) bond motifs is 1. The summed E-state index contributed by atoms with van der Waals surface area (Å²) < 4.78 is 0. The molecule has 0 spiro atoms. The van der Waals surface area contributed by atoms with E-state index in [9.17, 15) is 4.79 Å². The normalized spacial score (nSPS) is 32.0. The molecule has 1 saturated carbocycles. The molecule has 4 rings (SSSR count). The average molecular weight is 333 g/mol. The van der Waals surface area contributed by atoms with Gasteiger partial charge >= 0.3 is 0 Å². The van der Waals surface area contributed by atoms with Gasteiger partial charge in [-0.25, -0.2) is 0 Å². The Kier molecular flexibility index (Phi) is 4.72. The summed E-state index contributed by atoms with van der Waals surface area (Å²) >= 11 is 1.77. The van der Waals surface area contributed by atoms with E-state index in [-0.39, 0.29) is 0 Å². The Morgan fingerprint density at radius 1 is 1.09 bits per heavy atom. The van der Waals surface area contributed by atoms with E-state index >= 15 is 0 Å². The SMILES string of the molecule is O=C(CN1CCC[C@@H]1c1ccsc1)N1CCC[C@@H]2CCCC[C@@H]21. The molecule has 0 bridgehead atoms. The molecule has 0 N–H and O–H groups in total. The Hall–Kier alpha value is -0.870. The first-order chi connectivity index (χ1) is 11.3. The first kappa shape index (κ1) is 15.6. The van der Waals surface area contributed by atoms with Gasteiger partial charge in [0.1, 0.15) is 0 Å². The molecule has 1 aromatic heterocycles. The summed E-state index contributed by atoms with van der Waals surface area (Å²) in [6.07, 6.45) is 10.2. The molecule has 126 valence electrons. The molecule has 1 aromatic rings. The molecule has 3 heterocycles. The van der Waals surface area contributed by atoms with Crippen LogP contribution in [0.25, 0.3) is 0 Å². The maximum atomic E-state index is 13.0. The van der Waals surface area contributed by atoms with Crippen LogP contribution < -0.4 is 0 Å². The molecule has 3 fully saturated rings. The molecule has 3 atom stereocenters. The molecule has 0 aromatic carbocycles. The summed E-state index contributed by atoms with van der Waals surface area (Å²) in [6, 6.07) is 3.25. The van der Waals surface area contributed by atoms with Crippen LogP contribution in [0.3, 0.4) is 0 Å². The van der Waals surface area contributed by atoms with Gasteiger partial charge in [0.15, 0.2) is 0 Å². The second kappa shape index (κ2) is 6.94. The summed E-state index contributed by atoms with van der Waals surface area (Å²) in [7, 11) is 0. The third-order valence-electron chi connectivity index (χ3n) is 6.19. The monoisotopic (exact) mass is 332 g/mol. The van der Waals surface area contributed by atoms with Crippen molar-refractivity contribution in [1.82, 2.24) is 9.80 Å². The highest BCUT2D eigenvalue weighted by Gasteiger charge is 2.37. The topological polar surface area (TPSA) is 23.6 Å². The van der Waals surface area contributed by atoms with E-state index in [1.54, 1.807) is 11.3 Å². The number of amides is 1.